The van der Waals surface area contributed by atoms with Crippen LogP contribution in [0.2, 0.25) is 0 Å². The zero-order valence-corrected chi connectivity index (χ0v) is 7.62. The minimum Gasteiger partial charge on any atom is -0.394 e. The summed E-state index contributed by atoms with van der Waals surface area (Å²) < 4.78 is 0. The zero-order valence-electron chi connectivity index (χ0n) is 6.80. The van der Waals surface area contributed by atoms with Gasteiger partial charge in [0, 0.05) is 11.8 Å². The fourth-order valence-corrected chi connectivity index (χ4v) is 1.45. The van der Waals surface area contributed by atoms with Crippen molar-refractivity contribution >= 4 is 11.8 Å². The quantitative estimate of drug-likeness (QED) is 0.440. The highest BCUT2D eigenvalue weighted by Gasteiger charge is 2.03. The van der Waals surface area contributed by atoms with Gasteiger partial charge in [-0.3, -0.25) is 4.79 Å². The second-order valence-corrected chi connectivity index (χ2v) is 3.44. The van der Waals surface area contributed by atoms with E-state index in [9.17, 15) is 4.79 Å². The van der Waals surface area contributed by atoms with Gasteiger partial charge < -0.3 is 15.2 Å². The number of nitrogens with one attached hydrogen (secondary N) is 1. The third-order valence-electron chi connectivity index (χ3n) is 1.29. The molecule has 0 saturated heterocycles. The summed E-state index contributed by atoms with van der Waals surface area (Å²) in [4.78, 5) is 17.0. The molecule has 0 fully saturated rings. The lowest BCUT2D eigenvalue weighted by Crippen LogP contribution is -2.15. The number of rotatable bonds is 4. The molecular formula is C7H10N2O3S. The van der Waals surface area contributed by atoms with Gasteiger partial charge in [0.15, 0.2) is 0 Å². The Bertz CT molecular complexity index is 315. The number of aromatic nitrogens is 2. The van der Waals surface area contributed by atoms with Crippen molar-refractivity contribution < 1.29 is 10.2 Å². The molecule has 0 amide bonds. The average Bonchev–Trinajstić information content (AvgIpc) is 2.14. The fraction of sp³-hybridized carbons (Fsp3) is 0.429. The van der Waals surface area contributed by atoms with Crippen molar-refractivity contribution in [3.8, 4) is 0 Å². The van der Waals surface area contributed by atoms with Crippen LogP contribution in [-0.2, 0) is 0 Å². The molecule has 0 aliphatic rings. The summed E-state index contributed by atoms with van der Waals surface area (Å²) in [6.45, 7) is -0.282. The minimum absolute atomic E-state index is 0.226. The summed E-state index contributed by atoms with van der Waals surface area (Å²) in [5.41, 5.74) is -0.226. The molecule has 13 heavy (non-hydrogen) atoms. The van der Waals surface area contributed by atoms with Crippen LogP contribution in [0.4, 0.5) is 0 Å². The average molecular weight is 202 g/mol. The molecule has 5 nitrogen and oxygen atoms in total. The van der Waals surface area contributed by atoms with Crippen LogP contribution in [0, 0.1) is 0 Å². The number of nitrogens with zero attached hydrogens (tertiary/aromatic N) is 1. The Kier molecular flexibility index (Phi) is 3.94. The van der Waals surface area contributed by atoms with Crippen LogP contribution in [0.5, 0.6) is 0 Å². The summed E-state index contributed by atoms with van der Waals surface area (Å²) in [5, 5.41) is 18.1. The minimum atomic E-state index is -0.772. The lowest BCUT2D eigenvalue weighted by molar-refractivity contribution is 0.113. The predicted octanol–water partition coefficient (Wildman–Crippen LogP) is -0.785. The Morgan fingerprint density at radius 3 is 3.08 bits per heavy atom. The van der Waals surface area contributed by atoms with Crippen LogP contribution in [-0.4, -0.2) is 38.6 Å². The SMILES string of the molecule is O=c1cc(SCC(O)CO)nc[nH]1. The first-order valence-corrected chi connectivity index (χ1v) is 4.67. The van der Waals surface area contributed by atoms with E-state index in [1.165, 1.54) is 24.2 Å². The van der Waals surface area contributed by atoms with Gasteiger partial charge in [-0.1, -0.05) is 0 Å². The molecule has 0 aliphatic carbocycles. The highest BCUT2D eigenvalue weighted by atomic mass is 32.2. The molecule has 1 heterocycles. The van der Waals surface area contributed by atoms with E-state index < -0.39 is 6.10 Å². The molecule has 0 radical (unpaired) electrons. The third kappa shape index (κ3) is 3.58. The van der Waals surface area contributed by atoms with E-state index in [0.717, 1.165) is 0 Å². The van der Waals surface area contributed by atoms with Crippen molar-refractivity contribution in [1.29, 1.82) is 0 Å². The van der Waals surface area contributed by atoms with Gasteiger partial charge in [-0.2, -0.15) is 0 Å². The molecule has 0 aromatic carbocycles. The lowest BCUT2D eigenvalue weighted by Gasteiger charge is -2.04. The summed E-state index contributed by atoms with van der Waals surface area (Å²) in [6.07, 6.45) is 0.529. The Morgan fingerprint density at radius 2 is 2.46 bits per heavy atom. The Morgan fingerprint density at radius 1 is 1.69 bits per heavy atom. The summed E-state index contributed by atoms with van der Waals surface area (Å²) >= 11 is 1.23. The molecule has 1 atom stereocenters. The van der Waals surface area contributed by atoms with Crippen LogP contribution >= 0.6 is 11.8 Å². The van der Waals surface area contributed by atoms with Crippen LogP contribution in [0.3, 0.4) is 0 Å². The molecule has 0 bridgehead atoms. The number of aromatic amines is 1. The number of aliphatic hydroxyl groups is 2. The van der Waals surface area contributed by atoms with Gasteiger partial charge in [-0.15, -0.1) is 11.8 Å². The van der Waals surface area contributed by atoms with Crippen molar-refractivity contribution in [1.82, 2.24) is 9.97 Å². The van der Waals surface area contributed by atoms with E-state index in [2.05, 4.69) is 9.97 Å². The van der Waals surface area contributed by atoms with Crippen molar-refractivity contribution in [2.75, 3.05) is 12.4 Å². The maximum atomic E-state index is 10.8. The van der Waals surface area contributed by atoms with Gasteiger partial charge in [-0.05, 0) is 0 Å². The van der Waals surface area contributed by atoms with E-state index in [-0.39, 0.29) is 12.2 Å². The monoisotopic (exact) mass is 202 g/mol. The molecule has 72 valence electrons. The van der Waals surface area contributed by atoms with Crippen LogP contribution < -0.4 is 5.56 Å². The number of hydrogen-bond acceptors (Lipinski definition) is 5. The molecule has 1 aromatic heterocycles. The molecule has 3 N–H and O–H groups in total. The van der Waals surface area contributed by atoms with E-state index in [0.29, 0.717) is 10.8 Å². The smallest absolute Gasteiger partial charge is 0.251 e. The molecule has 1 unspecified atom stereocenters. The van der Waals surface area contributed by atoms with Crippen molar-refractivity contribution in [2.45, 2.75) is 11.1 Å². The lowest BCUT2D eigenvalue weighted by atomic mass is 10.4. The second-order valence-electron chi connectivity index (χ2n) is 2.40. The first-order chi connectivity index (χ1) is 6.22. The van der Waals surface area contributed by atoms with Gasteiger partial charge in [0.25, 0.3) is 5.56 Å². The van der Waals surface area contributed by atoms with Crippen LogP contribution in [0.15, 0.2) is 22.2 Å². The highest BCUT2D eigenvalue weighted by molar-refractivity contribution is 7.99. The standard InChI is InChI=1S/C7H10N2O3S/c10-2-5(11)3-13-7-1-6(12)8-4-9-7/h1,4-5,10-11H,2-3H2,(H,8,9,12). The zero-order chi connectivity index (χ0) is 9.68. The molecule has 6 heteroatoms. The van der Waals surface area contributed by atoms with Crippen molar-refractivity contribution in [3.05, 3.63) is 22.7 Å². The highest BCUT2D eigenvalue weighted by Crippen LogP contribution is 2.12. The van der Waals surface area contributed by atoms with Gasteiger partial charge in [-0.25, -0.2) is 4.98 Å². The number of thioether (sulfide) groups is 1. The van der Waals surface area contributed by atoms with Gasteiger partial charge >= 0.3 is 0 Å². The first-order valence-electron chi connectivity index (χ1n) is 3.69. The molecular weight excluding hydrogens is 192 g/mol. The topological polar surface area (TPSA) is 86.2 Å². The van der Waals surface area contributed by atoms with Crippen molar-refractivity contribution in [2.24, 2.45) is 0 Å². The second kappa shape index (κ2) is 5.00. The normalized spacial score (nSPS) is 12.8. The Balaban J connectivity index is 2.50. The van der Waals surface area contributed by atoms with Crippen LogP contribution in [0.25, 0.3) is 0 Å². The maximum Gasteiger partial charge on any atom is 0.251 e. The van der Waals surface area contributed by atoms with E-state index >= 15 is 0 Å². The summed E-state index contributed by atoms with van der Waals surface area (Å²) in [6, 6.07) is 1.34. The third-order valence-corrected chi connectivity index (χ3v) is 2.36. The molecule has 0 spiro atoms. The molecule has 0 saturated carbocycles. The van der Waals surface area contributed by atoms with Crippen molar-refractivity contribution in [3.63, 3.8) is 0 Å². The number of H-pyrrole nitrogens is 1. The molecule has 1 rings (SSSR count). The van der Waals surface area contributed by atoms with Crippen LogP contribution in [0.1, 0.15) is 0 Å². The molecule has 1 aromatic rings. The van der Waals surface area contributed by atoms with E-state index in [1.54, 1.807) is 0 Å². The number of hydrogen-bond donors (Lipinski definition) is 3. The van der Waals surface area contributed by atoms with E-state index in [1.807, 2.05) is 0 Å². The Labute approximate surface area is 78.8 Å². The van der Waals surface area contributed by atoms with E-state index in [4.69, 9.17) is 10.2 Å². The first kappa shape index (κ1) is 10.2. The largest absolute Gasteiger partial charge is 0.394 e. The summed E-state index contributed by atoms with van der Waals surface area (Å²) in [5.74, 6) is 0.326. The van der Waals surface area contributed by atoms with Gasteiger partial charge in [0.1, 0.15) is 5.03 Å². The van der Waals surface area contributed by atoms with Gasteiger partial charge in [0.05, 0.1) is 19.0 Å². The Hall–Kier alpha value is -0.850. The molecule has 0 aliphatic heterocycles. The fourth-order valence-electron chi connectivity index (χ4n) is 0.664. The number of aliphatic hydroxyl groups excluding tert-OH is 2. The van der Waals surface area contributed by atoms with Gasteiger partial charge in [0.2, 0.25) is 0 Å². The summed E-state index contributed by atoms with van der Waals surface area (Å²) in [7, 11) is 0. The predicted molar refractivity (Wildman–Crippen MR) is 48.7 cm³/mol. The maximum absolute atomic E-state index is 10.8.